The molecule has 8 heteroatoms. The van der Waals surface area contributed by atoms with Crippen LogP contribution in [0.4, 0.5) is 19.0 Å². The highest BCUT2D eigenvalue weighted by Crippen LogP contribution is 2.39. The second kappa shape index (κ2) is 5.85. The van der Waals surface area contributed by atoms with Crippen LogP contribution in [0.25, 0.3) is 0 Å². The van der Waals surface area contributed by atoms with E-state index < -0.39 is 11.7 Å². The molecule has 0 radical (unpaired) electrons. The van der Waals surface area contributed by atoms with Crippen LogP contribution in [-0.2, 0) is 11.0 Å². The van der Waals surface area contributed by atoms with E-state index in [9.17, 15) is 18.0 Å². The Kier molecular flexibility index (Phi) is 4.16. The number of pyridine rings is 1. The zero-order chi connectivity index (χ0) is 16.8. The predicted molar refractivity (Wildman–Crippen MR) is 80.3 cm³/mol. The molecule has 1 aromatic heterocycles. The maximum Gasteiger partial charge on any atom is 0.417 e. The fourth-order valence-corrected chi connectivity index (χ4v) is 3.14. The molecule has 23 heavy (non-hydrogen) atoms. The van der Waals surface area contributed by atoms with Crippen molar-refractivity contribution in [1.29, 1.82) is 0 Å². The van der Waals surface area contributed by atoms with Gasteiger partial charge >= 0.3 is 6.18 Å². The summed E-state index contributed by atoms with van der Waals surface area (Å²) in [7, 11) is 0. The van der Waals surface area contributed by atoms with Gasteiger partial charge in [0.1, 0.15) is 5.82 Å². The Morgan fingerprint density at radius 3 is 2.39 bits per heavy atom. The summed E-state index contributed by atoms with van der Waals surface area (Å²) < 4.78 is 37.9. The second-order valence-electron chi connectivity index (χ2n) is 6.16. The van der Waals surface area contributed by atoms with Crippen molar-refractivity contribution in [3.63, 3.8) is 0 Å². The number of hydrogen-bond donors (Lipinski definition) is 0. The number of alkyl halides is 3. The van der Waals surface area contributed by atoms with Crippen molar-refractivity contribution in [3.05, 3.63) is 22.8 Å². The summed E-state index contributed by atoms with van der Waals surface area (Å²) in [4.78, 5) is 19.7. The normalized spacial score (nSPS) is 24.7. The molecule has 0 spiro atoms. The number of halogens is 4. The fourth-order valence-electron chi connectivity index (χ4n) is 2.86. The number of hydrogen-bond acceptors (Lipinski definition) is 3. The van der Waals surface area contributed by atoms with Gasteiger partial charge in [-0.3, -0.25) is 4.79 Å². The van der Waals surface area contributed by atoms with Crippen molar-refractivity contribution in [2.24, 2.45) is 11.8 Å². The van der Waals surface area contributed by atoms with E-state index >= 15 is 0 Å². The third-order valence-corrected chi connectivity index (χ3v) is 4.74. The van der Waals surface area contributed by atoms with Crippen molar-refractivity contribution in [1.82, 2.24) is 9.88 Å². The number of amides is 1. The Morgan fingerprint density at radius 1 is 1.30 bits per heavy atom. The number of carbonyl (C=O) groups is 1. The summed E-state index contributed by atoms with van der Waals surface area (Å²) in [6.45, 7) is 4.18. The molecule has 0 aromatic carbocycles. The van der Waals surface area contributed by atoms with E-state index in [0.29, 0.717) is 37.9 Å². The van der Waals surface area contributed by atoms with Crippen LogP contribution in [0.3, 0.4) is 0 Å². The largest absolute Gasteiger partial charge is 0.417 e. The smallest absolute Gasteiger partial charge is 0.352 e. The van der Waals surface area contributed by atoms with Crippen LogP contribution in [0, 0.1) is 11.8 Å². The molecule has 1 aliphatic heterocycles. The van der Waals surface area contributed by atoms with Gasteiger partial charge in [0, 0.05) is 38.3 Å². The Morgan fingerprint density at radius 2 is 1.91 bits per heavy atom. The molecule has 2 heterocycles. The Hall–Kier alpha value is -1.50. The lowest BCUT2D eigenvalue weighted by atomic mass is 10.2. The highest BCUT2D eigenvalue weighted by atomic mass is 35.5. The second-order valence-corrected chi connectivity index (χ2v) is 6.57. The number of rotatable bonds is 2. The lowest BCUT2D eigenvalue weighted by molar-refractivity contribution is -0.138. The highest BCUT2D eigenvalue weighted by Gasteiger charge is 2.42. The third kappa shape index (κ3) is 3.39. The number of anilines is 1. The average Bonchev–Trinajstić information content (AvgIpc) is 3.23. The summed E-state index contributed by atoms with van der Waals surface area (Å²) in [6.07, 6.45) is -2.71. The minimum absolute atomic E-state index is 0.0181. The Labute approximate surface area is 137 Å². The predicted octanol–water partition coefficient (Wildman–Crippen LogP) is 3.06. The molecule has 2 fully saturated rings. The molecular weight excluding hydrogens is 331 g/mol. The zero-order valence-electron chi connectivity index (χ0n) is 12.6. The van der Waals surface area contributed by atoms with Gasteiger partial charge in [-0.25, -0.2) is 4.98 Å². The van der Waals surface area contributed by atoms with Crippen LogP contribution in [0.15, 0.2) is 12.3 Å². The summed E-state index contributed by atoms with van der Waals surface area (Å²) >= 11 is 5.96. The first kappa shape index (κ1) is 16.4. The van der Waals surface area contributed by atoms with Gasteiger partial charge in [-0.05, 0) is 18.4 Å². The summed E-state index contributed by atoms with van der Waals surface area (Å²) in [5.74, 6) is 1.14. The van der Waals surface area contributed by atoms with Crippen molar-refractivity contribution >= 4 is 23.3 Å². The zero-order valence-corrected chi connectivity index (χ0v) is 13.4. The van der Waals surface area contributed by atoms with Gasteiger partial charge < -0.3 is 9.80 Å². The molecule has 0 N–H and O–H groups in total. The molecule has 2 atom stereocenters. The van der Waals surface area contributed by atoms with Gasteiger partial charge in [-0.15, -0.1) is 0 Å². The maximum atomic E-state index is 12.6. The Bertz CT molecular complexity index is 614. The molecule has 4 nitrogen and oxygen atoms in total. The topological polar surface area (TPSA) is 36.4 Å². The number of nitrogens with zero attached hydrogens (tertiary/aromatic N) is 3. The average molecular weight is 348 g/mol. The van der Waals surface area contributed by atoms with Crippen LogP contribution in [0.1, 0.15) is 18.9 Å². The molecule has 2 aliphatic rings. The molecule has 1 saturated carbocycles. The first-order valence-corrected chi connectivity index (χ1v) is 7.91. The van der Waals surface area contributed by atoms with E-state index in [1.165, 1.54) is 0 Å². The van der Waals surface area contributed by atoms with Crippen LogP contribution in [0.2, 0.25) is 5.02 Å². The Balaban J connectivity index is 1.64. The van der Waals surface area contributed by atoms with E-state index in [4.69, 9.17) is 11.6 Å². The van der Waals surface area contributed by atoms with Gasteiger partial charge in [0.15, 0.2) is 0 Å². The van der Waals surface area contributed by atoms with Crippen LogP contribution >= 0.6 is 11.6 Å². The van der Waals surface area contributed by atoms with Gasteiger partial charge in [0.25, 0.3) is 0 Å². The molecule has 2 unspecified atom stereocenters. The SMILES string of the molecule is CC1CC1C(=O)N1CCN(c2ncc(C(F)(F)F)cc2Cl)CC1. The molecule has 0 bridgehead atoms. The van der Waals surface area contributed by atoms with Gasteiger partial charge in [0.2, 0.25) is 5.91 Å². The monoisotopic (exact) mass is 347 g/mol. The minimum Gasteiger partial charge on any atom is -0.352 e. The highest BCUT2D eigenvalue weighted by molar-refractivity contribution is 6.33. The molecular formula is C15H17ClF3N3O. The summed E-state index contributed by atoms with van der Waals surface area (Å²) in [6, 6.07) is 0.896. The fraction of sp³-hybridized carbons (Fsp3) is 0.600. The third-order valence-electron chi connectivity index (χ3n) is 4.47. The molecule has 3 rings (SSSR count). The lowest BCUT2D eigenvalue weighted by Gasteiger charge is -2.36. The van der Waals surface area contributed by atoms with E-state index in [1.807, 2.05) is 9.80 Å². The number of piperazine rings is 1. The first-order chi connectivity index (χ1) is 10.8. The number of carbonyl (C=O) groups excluding carboxylic acids is 1. The molecule has 1 aromatic rings. The number of aromatic nitrogens is 1. The van der Waals surface area contributed by atoms with Crippen molar-refractivity contribution < 1.29 is 18.0 Å². The summed E-state index contributed by atoms with van der Waals surface area (Å²) in [5, 5.41) is -0.0181. The molecule has 126 valence electrons. The van der Waals surface area contributed by atoms with Gasteiger partial charge in [0.05, 0.1) is 10.6 Å². The van der Waals surface area contributed by atoms with Crippen LogP contribution in [-0.4, -0.2) is 42.0 Å². The maximum absolute atomic E-state index is 12.6. The van der Waals surface area contributed by atoms with E-state index in [2.05, 4.69) is 11.9 Å². The van der Waals surface area contributed by atoms with Crippen molar-refractivity contribution in [3.8, 4) is 0 Å². The van der Waals surface area contributed by atoms with E-state index in [1.54, 1.807) is 0 Å². The minimum atomic E-state index is -4.46. The van der Waals surface area contributed by atoms with Crippen molar-refractivity contribution in [2.45, 2.75) is 19.5 Å². The summed E-state index contributed by atoms with van der Waals surface area (Å²) in [5.41, 5.74) is -0.859. The molecule has 1 aliphatic carbocycles. The quantitative estimate of drug-likeness (QED) is 0.825. The first-order valence-electron chi connectivity index (χ1n) is 7.54. The molecule has 1 amide bonds. The van der Waals surface area contributed by atoms with Crippen LogP contribution in [0.5, 0.6) is 0 Å². The van der Waals surface area contributed by atoms with E-state index in [0.717, 1.165) is 18.7 Å². The lowest BCUT2D eigenvalue weighted by Crippen LogP contribution is -2.49. The van der Waals surface area contributed by atoms with Gasteiger partial charge in [-0.2, -0.15) is 13.2 Å². The molecule has 1 saturated heterocycles. The van der Waals surface area contributed by atoms with Gasteiger partial charge in [-0.1, -0.05) is 18.5 Å². The van der Waals surface area contributed by atoms with Crippen LogP contribution < -0.4 is 4.90 Å². The van der Waals surface area contributed by atoms with Crippen molar-refractivity contribution in [2.75, 3.05) is 31.1 Å². The van der Waals surface area contributed by atoms with E-state index in [-0.39, 0.29) is 16.8 Å². The standard InChI is InChI=1S/C15H17ClF3N3O/c1-9-6-11(9)14(23)22-4-2-21(3-5-22)13-12(16)7-10(8-20-13)15(17,18)19/h7-9,11H,2-6H2,1H3.